The van der Waals surface area contributed by atoms with E-state index in [4.69, 9.17) is 4.74 Å². The Hall–Kier alpha value is -3.65. The highest BCUT2D eigenvalue weighted by molar-refractivity contribution is 5.93. The minimum atomic E-state index is -4.88. The van der Waals surface area contributed by atoms with E-state index >= 15 is 0 Å². The van der Waals surface area contributed by atoms with Crippen LogP contribution in [0.5, 0.6) is 5.75 Å². The molecule has 0 bridgehead atoms. The number of aromatic nitrogens is 3. The van der Waals surface area contributed by atoms with Crippen LogP contribution >= 0.6 is 0 Å². The highest BCUT2D eigenvalue weighted by atomic mass is 19.4. The van der Waals surface area contributed by atoms with Crippen molar-refractivity contribution in [1.29, 1.82) is 5.26 Å². The van der Waals surface area contributed by atoms with E-state index in [1.54, 1.807) is 24.4 Å². The van der Waals surface area contributed by atoms with E-state index in [0.717, 1.165) is 19.0 Å². The lowest BCUT2D eigenvalue weighted by atomic mass is 10.1. The zero-order valence-corrected chi connectivity index (χ0v) is 16.8. The molecule has 1 aliphatic carbocycles. The maximum absolute atomic E-state index is 13.0. The molecule has 166 valence electrons. The summed E-state index contributed by atoms with van der Waals surface area (Å²) < 4.78 is 45.7. The maximum atomic E-state index is 13.0. The first-order chi connectivity index (χ1) is 15.1. The Morgan fingerprint density at radius 1 is 1.38 bits per heavy atom. The standard InChI is InChI=1S/C21H18F3N5O3/c1-20(31,21(22,23)24)11-32-17-10-26-14(9-25)7-16(17)13-4-5-29-15(6-13)8-18(28-29)27-19(30)12-2-3-12/h4-8,10,12,31H,2-3,11H2,1H3,(H,27,28,30). The van der Waals surface area contributed by atoms with E-state index < -0.39 is 18.4 Å². The van der Waals surface area contributed by atoms with Gasteiger partial charge >= 0.3 is 6.18 Å². The molecule has 1 unspecified atom stereocenters. The Morgan fingerprint density at radius 3 is 2.78 bits per heavy atom. The molecule has 1 fully saturated rings. The molecule has 0 saturated heterocycles. The zero-order chi connectivity index (χ0) is 23.1. The van der Waals surface area contributed by atoms with Gasteiger partial charge in [-0.1, -0.05) is 0 Å². The quantitative estimate of drug-likeness (QED) is 0.602. The summed E-state index contributed by atoms with van der Waals surface area (Å²) in [4.78, 5) is 15.8. The van der Waals surface area contributed by atoms with Crippen molar-refractivity contribution in [2.45, 2.75) is 31.5 Å². The Balaban J connectivity index is 1.65. The molecule has 0 radical (unpaired) electrons. The van der Waals surface area contributed by atoms with E-state index in [-0.39, 0.29) is 23.3 Å². The number of nitrogens with zero attached hydrogens (tertiary/aromatic N) is 4. The van der Waals surface area contributed by atoms with E-state index in [1.165, 1.54) is 10.6 Å². The lowest BCUT2D eigenvalue weighted by Crippen LogP contribution is -2.47. The summed E-state index contributed by atoms with van der Waals surface area (Å²) in [6.45, 7) is -0.442. The largest absolute Gasteiger partial charge is 0.488 e. The molecule has 1 saturated carbocycles. The molecule has 32 heavy (non-hydrogen) atoms. The third kappa shape index (κ3) is 4.36. The number of nitriles is 1. The maximum Gasteiger partial charge on any atom is 0.420 e. The number of anilines is 1. The van der Waals surface area contributed by atoms with Crippen molar-refractivity contribution in [2.75, 3.05) is 11.9 Å². The first kappa shape index (κ1) is 21.6. The fourth-order valence-electron chi connectivity index (χ4n) is 2.94. The van der Waals surface area contributed by atoms with Gasteiger partial charge in [0, 0.05) is 23.7 Å². The van der Waals surface area contributed by atoms with Crippen molar-refractivity contribution in [2.24, 2.45) is 5.92 Å². The summed E-state index contributed by atoms with van der Waals surface area (Å²) in [6, 6.07) is 8.24. The Morgan fingerprint density at radius 2 is 2.12 bits per heavy atom. The molecule has 0 aliphatic heterocycles. The highest BCUT2D eigenvalue weighted by Gasteiger charge is 2.50. The first-order valence-corrected chi connectivity index (χ1v) is 9.70. The minimum absolute atomic E-state index is 0.0187. The molecule has 3 heterocycles. The third-order valence-electron chi connectivity index (χ3n) is 5.08. The van der Waals surface area contributed by atoms with Crippen molar-refractivity contribution in [1.82, 2.24) is 14.6 Å². The molecule has 1 atom stereocenters. The van der Waals surface area contributed by atoms with Crippen LogP contribution in [0.2, 0.25) is 0 Å². The highest BCUT2D eigenvalue weighted by Crippen LogP contribution is 2.35. The number of nitrogens with one attached hydrogen (secondary N) is 1. The molecule has 11 heteroatoms. The predicted octanol–water partition coefficient (Wildman–Crippen LogP) is 3.31. The minimum Gasteiger partial charge on any atom is -0.488 e. The lowest BCUT2D eigenvalue weighted by molar-refractivity contribution is -0.260. The molecule has 3 aromatic rings. The van der Waals surface area contributed by atoms with Crippen molar-refractivity contribution >= 4 is 17.2 Å². The summed E-state index contributed by atoms with van der Waals surface area (Å²) in [5.41, 5.74) is -1.57. The molecule has 1 aliphatic rings. The number of hydrogen-bond acceptors (Lipinski definition) is 6. The van der Waals surface area contributed by atoms with Gasteiger partial charge in [0.25, 0.3) is 0 Å². The van der Waals surface area contributed by atoms with Gasteiger partial charge in [0.2, 0.25) is 5.91 Å². The van der Waals surface area contributed by atoms with Gasteiger partial charge in [-0.25, -0.2) is 9.50 Å². The molecule has 0 spiro atoms. The number of amides is 1. The number of pyridine rings is 2. The van der Waals surface area contributed by atoms with E-state index in [2.05, 4.69) is 15.4 Å². The predicted molar refractivity (Wildman–Crippen MR) is 107 cm³/mol. The van der Waals surface area contributed by atoms with E-state index in [9.17, 15) is 28.3 Å². The number of halogens is 3. The molecule has 8 nitrogen and oxygen atoms in total. The van der Waals surface area contributed by atoms with Crippen LogP contribution in [-0.4, -0.2) is 44.0 Å². The van der Waals surface area contributed by atoms with Crippen LogP contribution in [-0.2, 0) is 4.79 Å². The second-order valence-electron chi connectivity index (χ2n) is 7.82. The fraction of sp³-hybridized carbons (Fsp3) is 0.333. The van der Waals surface area contributed by atoms with Gasteiger partial charge in [-0.3, -0.25) is 4.79 Å². The van der Waals surface area contributed by atoms with Gasteiger partial charge < -0.3 is 15.2 Å². The summed E-state index contributed by atoms with van der Waals surface area (Å²) in [5.74, 6) is 0.280. The van der Waals surface area contributed by atoms with Gasteiger partial charge in [-0.05, 0) is 43.5 Å². The number of carbonyl (C=O) groups excluding carboxylic acids is 1. The van der Waals surface area contributed by atoms with Gasteiger partial charge in [0.1, 0.15) is 24.1 Å². The zero-order valence-electron chi connectivity index (χ0n) is 16.8. The summed E-state index contributed by atoms with van der Waals surface area (Å²) in [5, 5.41) is 25.9. The number of fused-ring (bicyclic) bond motifs is 1. The average Bonchev–Trinajstić information content (AvgIpc) is 3.51. The molecular weight excluding hydrogens is 427 g/mol. The monoisotopic (exact) mass is 445 g/mol. The summed E-state index contributed by atoms with van der Waals surface area (Å²) in [7, 11) is 0. The SMILES string of the molecule is CC(O)(COc1cnc(C#N)cc1-c1ccn2nc(NC(=O)C3CC3)cc2c1)C(F)(F)F. The lowest BCUT2D eigenvalue weighted by Gasteiger charge is -2.26. The summed E-state index contributed by atoms with van der Waals surface area (Å²) >= 11 is 0. The molecule has 4 rings (SSSR count). The Labute approximate surface area is 180 Å². The molecule has 0 aromatic carbocycles. The van der Waals surface area contributed by atoms with Crippen LogP contribution in [0.3, 0.4) is 0 Å². The Kier molecular flexibility index (Phi) is 5.26. The number of alkyl halides is 3. The van der Waals surface area contributed by atoms with Crippen LogP contribution in [0, 0.1) is 17.2 Å². The van der Waals surface area contributed by atoms with E-state index in [1.807, 2.05) is 6.07 Å². The number of aliphatic hydroxyl groups is 1. The van der Waals surface area contributed by atoms with Gasteiger partial charge in [-0.2, -0.15) is 23.5 Å². The smallest absolute Gasteiger partial charge is 0.420 e. The second kappa shape index (κ2) is 7.80. The molecule has 2 N–H and O–H groups in total. The topological polar surface area (TPSA) is 113 Å². The molecule has 1 amide bonds. The number of hydrogen-bond donors (Lipinski definition) is 2. The van der Waals surface area contributed by atoms with E-state index in [0.29, 0.717) is 29.4 Å². The number of rotatable bonds is 6. The van der Waals surface area contributed by atoms with Crippen molar-refractivity contribution < 1.29 is 27.8 Å². The van der Waals surface area contributed by atoms with Crippen LogP contribution in [0.1, 0.15) is 25.5 Å². The van der Waals surface area contributed by atoms with Gasteiger partial charge in [-0.15, -0.1) is 0 Å². The Bertz CT molecular complexity index is 1230. The van der Waals surface area contributed by atoms with Crippen molar-refractivity contribution in [3.05, 3.63) is 42.4 Å². The molecular formula is C21H18F3N5O3. The molecule has 3 aromatic heterocycles. The van der Waals surface area contributed by atoms with Gasteiger partial charge in [0.15, 0.2) is 11.4 Å². The number of ether oxygens (including phenoxy) is 1. The summed E-state index contributed by atoms with van der Waals surface area (Å²) in [6.07, 6.45) is -0.417. The first-order valence-electron chi connectivity index (χ1n) is 9.70. The van der Waals surface area contributed by atoms with Crippen molar-refractivity contribution in [3.8, 4) is 22.9 Å². The second-order valence-corrected chi connectivity index (χ2v) is 7.82. The van der Waals surface area contributed by atoms with Gasteiger partial charge in [0.05, 0.1) is 11.7 Å². The van der Waals surface area contributed by atoms with Crippen LogP contribution in [0.25, 0.3) is 16.6 Å². The third-order valence-corrected chi connectivity index (χ3v) is 5.08. The van der Waals surface area contributed by atoms with Crippen LogP contribution in [0.4, 0.5) is 19.0 Å². The fourth-order valence-corrected chi connectivity index (χ4v) is 2.94. The average molecular weight is 445 g/mol. The normalized spacial score (nSPS) is 15.8. The number of carbonyl (C=O) groups is 1. The van der Waals surface area contributed by atoms with Crippen molar-refractivity contribution in [3.63, 3.8) is 0 Å². The van der Waals surface area contributed by atoms with Crippen LogP contribution in [0.15, 0.2) is 36.7 Å². The van der Waals surface area contributed by atoms with Crippen LogP contribution < -0.4 is 10.1 Å².